The number of hydrogen-bond donors (Lipinski definition) is 1. The van der Waals surface area contributed by atoms with E-state index in [1.165, 1.54) is 0 Å². The maximum absolute atomic E-state index is 12.4. The monoisotopic (exact) mass is 425 g/mol. The molecule has 4 fully saturated rings. The lowest BCUT2D eigenvalue weighted by molar-refractivity contribution is -0.155. The fourth-order valence-electron chi connectivity index (χ4n) is 6.21. The van der Waals surface area contributed by atoms with E-state index in [1.54, 1.807) is 0 Å². The van der Waals surface area contributed by atoms with E-state index < -0.39 is 23.2 Å². The predicted octanol–water partition coefficient (Wildman–Crippen LogP) is 2.30. The number of hydrogen-bond acceptors (Lipinski definition) is 7. The summed E-state index contributed by atoms with van der Waals surface area (Å²) in [7, 11) is 0. The second kappa shape index (κ2) is 6.48. The molecule has 31 heavy (non-hydrogen) atoms. The van der Waals surface area contributed by atoms with Gasteiger partial charge in [-0.1, -0.05) is 41.6 Å². The first-order chi connectivity index (χ1) is 14.9. The van der Waals surface area contributed by atoms with Crippen LogP contribution in [0.3, 0.4) is 0 Å². The van der Waals surface area contributed by atoms with Crippen molar-refractivity contribution in [2.45, 2.75) is 76.0 Å². The zero-order valence-corrected chi connectivity index (χ0v) is 17.7. The highest BCUT2D eigenvalue weighted by Crippen LogP contribution is 2.68. The summed E-state index contributed by atoms with van der Waals surface area (Å²) in [5.41, 5.74) is 2.55. The summed E-state index contributed by atoms with van der Waals surface area (Å²) in [6.07, 6.45) is -0.174. The molecule has 7 heteroatoms. The lowest BCUT2D eigenvalue weighted by Crippen LogP contribution is -2.64. The predicted molar refractivity (Wildman–Crippen MR) is 110 cm³/mol. The van der Waals surface area contributed by atoms with Crippen LogP contribution < -0.4 is 0 Å². The largest absolute Gasteiger partial charge is 0.392 e. The van der Waals surface area contributed by atoms with Crippen molar-refractivity contribution in [3.63, 3.8) is 0 Å². The minimum Gasteiger partial charge on any atom is -0.392 e. The summed E-state index contributed by atoms with van der Waals surface area (Å²) in [5, 5.41) is 13.7. The third-order valence-corrected chi connectivity index (χ3v) is 8.04. The molecule has 0 aromatic heterocycles. The number of allylic oxidation sites excluding steroid dienone is 1. The highest BCUT2D eigenvalue weighted by Gasteiger charge is 2.87. The Kier molecular flexibility index (Phi) is 4.10. The van der Waals surface area contributed by atoms with Gasteiger partial charge in [-0.2, -0.15) is 0 Å². The number of fused-ring (bicyclic) bond motifs is 5. The van der Waals surface area contributed by atoms with Crippen LogP contribution in [0.15, 0.2) is 41.6 Å². The molecule has 2 saturated carbocycles. The van der Waals surface area contributed by atoms with Crippen LogP contribution in [0.25, 0.3) is 0 Å². The molecule has 5 aliphatic rings. The van der Waals surface area contributed by atoms with E-state index in [4.69, 9.17) is 19.0 Å². The van der Waals surface area contributed by atoms with Gasteiger partial charge in [-0.25, -0.2) is 0 Å². The molecule has 3 heterocycles. The number of epoxide rings is 2. The number of nitrogens with zero attached hydrogens (tertiary/aromatic N) is 1. The Labute approximate surface area is 181 Å². The number of rotatable bonds is 5. The van der Waals surface area contributed by atoms with Crippen LogP contribution in [-0.2, 0) is 37.1 Å². The minimum atomic E-state index is -0.823. The van der Waals surface area contributed by atoms with Crippen LogP contribution in [0.4, 0.5) is 0 Å². The average Bonchev–Trinajstić information content (AvgIpc) is 3.68. The first-order valence-corrected chi connectivity index (χ1v) is 11.0. The van der Waals surface area contributed by atoms with Crippen LogP contribution in [0.5, 0.6) is 0 Å². The Morgan fingerprint density at radius 3 is 2.48 bits per heavy atom. The van der Waals surface area contributed by atoms with Gasteiger partial charge in [0.25, 0.3) is 0 Å². The van der Waals surface area contributed by atoms with Crippen LogP contribution >= 0.6 is 0 Å². The molecule has 0 bridgehead atoms. The number of carbonyl (C=O) groups is 1. The minimum absolute atomic E-state index is 0.0204. The molecule has 1 aromatic carbocycles. The SMILES string of the molecule is C=C(C)C1CC(OCc2ccc(CO)cc2)C2(C1)C(C)=NOC21C2OC2C(=O)C2OC21. The van der Waals surface area contributed by atoms with Crippen molar-refractivity contribution in [3.05, 3.63) is 47.5 Å². The van der Waals surface area contributed by atoms with Gasteiger partial charge in [0.15, 0.2) is 5.78 Å². The molecule has 3 aliphatic heterocycles. The number of oxime groups is 1. The van der Waals surface area contributed by atoms with Crippen molar-refractivity contribution in [3.8, 4) is 0 Å². The molecule has 7 unspecified atom stereocenters. The summed E-state index contributed by atoms with van der Waals surface area (Å²) in [5.74, 6) is 0.289. The van der Waals surface area contributed by atoms with Gasteiger partial charge in [0, 0.05) is 0 Å². The van der Waals surface area contributed by atoms with Crippen LogP contribution in [0.1, 0.15) is 37.8 Å². The molecule has 0 radical (unpaired) electrons. The Morgan fingerprint density at radius 2 is 1.87 bits per heavy atom. The summed E-state index contributed by atoms with van der Waals surface area (Å²) >= 11 is 0. The van der Waals surface area contributed by atoms with Gasteiger partial charge in [0.2, 0.25) is 5.60 Å². The van der Waals surface area contributed by atoms with E-state index in [1.807, 2.05) is 31.2 Å². The normalized spacial score (nSPS) is 44.1. The Morgan fingerprint density at radius 1 is 1.23 bits per heavy atom. The van der Waals surface area contributed by atoms with Crippen molar-refractivity contribution in [1.82, 2.24) is 0 Å². The Bertz CT molecular complexity index is 966. The summed E-state index contributed by atoms with van der Waals surface area (Å²) < 4.78 is 18.3. The molecule has 2 aliphatic carbocycles. The van der Waals surface area contributed by atoms with E-state index in [0.717, 1.165) is 35.3 Å². The molecule has 2 spiro atoms. The molecule has 7 atom stereocenters. The molecule has 164 valence electrons. The molecular weight excluding hydrogens is 398 g/mol. The summed E-state index contributed by atoms with van der Waals surface area (Å²) in [6, 6.07) is 7.77. The van der Waals surface area contributed by atoms with Gasteiger partial charge in [-0.3, -0.25) is 4.79 Å². The lowest BCUT2D eigenvalue weighted by atomic mass is 9.60. The lowest BCUT2D eigenvalue weighted by Gasteiger charge is -2.44. The second-order valence-electron chi connectivity index (χ2n) is 9.65. The fraction of sp³-hybridized carbons (Fsp3) is 0.583. The Balaban J connectivity index is 1.35. The topological polar surface area (TPSA) is 93.2 Å². The molecule has 7 nitrogen and oxygen atoms in total. The average molecular weight is 425 g/mol. The zero-order chi connectivity index (χ0) is 21.5. The van der Waals surface area contributed by atoms with E-state index in [2.05, 4.69) is 18.7 Å². The molecule has 1 aromatic rings. The maximum Gasteiger partial charge on any atom is 0.208 e. The molecule has 6 rings (SSSR count). The summed E-state index contributed by atoms with van der Waals surface area (Å²) in [4.78, 5) is 18.6. The molecule has 2 saturated heterocycles. The molecule has 0 amide bonds. The van der Waals surface area contributed by atoms with Gasteiger partial charge in [-0.15, -0.1) is 0 Å². The smallest absolute Gasteiger partial charge is 0.208 e. The maximum atomic E-state index is 12.4. The van der Waals surface area contributed by atoms with Gasteiger partial charge in [-0.05, 0) is 43.7 Å². The number of aliphatic hydroxyl groups is 1. The highest BCUT2D eigenvalue weighted by atomic mass is 16.7. The van der Waals surface area contributed by atoms with Gasteiger partial charge >= 0.3 is 0 Å². The van der Waals surface area contributed by atoms with Crippen molar-refractivity contribution in [1.29, 1.82) is 0 Å². The van der Waals surface area contributed by atoms with Crippen molar-refractivity contribution in [2.75, 3.05) is 0 Å². The van der Waals surface area contributed by atoms with E-state index in [9.17, 15) is 9.90 Å². The first kappa shape index (κ1) is 19.6. The molecular formula is C24H27NO6. The van der Waals surface area contributed by atoms with Gasteiger partial charge in [0.05, 0.1) is 30.4 Å². The van der Waals surface area contributed by atoms with E-state index in [0.29, 0.717) is 6.61 Å². The van der Waals surface area contributed by atoms with Gasteiger partial charge < -0.3 is 24.2 Å². The van der Waals surface area contributed by atoms with Crippen molar-refractivity contribution >= 4 is 11.5 Å². The fourth-order valence-corrected chi connectivity index (χ4v) is 6.21. The highest BCUT2D eigenvalue weighted by molar-refractivity contribution is 5.98. The Hall–Kier alpha value is -2.06. The van der Waals surface area contributed by atoms with Crippen molar-refractivity contribution in [2.24, 2.45) is 16.5 Å². The second-order valence-corrected chi connectivity index (χ2v) is 9.65. The van der Waals surface area contributed by atoms with E-state index >= 15 is 0 Å². The molecule has 1 N–H and O–H groups in total. The van der Waals surface area contributed by atoms with E-state index in [-0.39, 0.29) is 36.6 Å². The third kappa shape index (κ3) is 2.49. The number of aliphatic hydroxyl groups excluding tert-OH is 1. The standard InChI is InChI=1S/C24H27NO6/c1-12(2)16-8-17(28-11-15-6-4-14(10-26)5-7-15)23(9-16)13(3)25-31-24(23)21-19(29-21)18(27)20-22(24)30-20/h4-7,16-17,19-22,26H,1,8-11H2,2-3H3. The first-order valence-electron chi connectivity index (χ1n) is 11.0. The number of ketones is 1. The van der Waals surface area contributed by atoms with Gasteiger partial charge in [0.1, 0.15) is 24.4 Å². The quantitative estimate of drug-likeness (QED) is 0.575. The number of carbonyl (C=O) groups excluding carboxylic acids is 1. The van der Waals surface area contributed by atoms with Crippen LogP contribution in [-0.4, -0.2) is 52.7 Å². The zero-order valence-electron chi connectivity index (χ0n) is 17.7. The number of ether oxygens (including phenoxy) is 3. The third-order valence-electron chi connectivity index (χ3n) is 8.04. The number of Topliss-reactive ketones (excluding diaryl/α,β-unsaturated/α-hetero) is 1. The summed E-state index contributed by atoms with van der Waals surface area (Å²) in [6.45, 7) is 8.72. The van der Waals surface area contributed by atoms with Crippen LogP contribution in [0, 0.1) is 11.3 Å². The van der Waals surface area contributed by atoms with Crippen molar-refractivity contribution < 1.29 is 28.9 Å². The number of benzene rings is 1. The van der Waals surface area contributed by atoms with Crippen LogP contribution in [0.2, 0.25) is 0 Å².